The number of hydrogen-bond acceptors (Lipinski definition) is 4. The van der Waals surface area contributed by atoms with Gasteiger partial charge >= 0.3 is 0 Å². The highest BCUT2D eigenvalue weighted by atomic mass is 79.9. The van der Waals surface area contributed by atoms with Crippen molar-refractivity contribution in [1.29, 1.82) is 0 Å². The zero-order valence-corrected chi connectivity index (χ0v) is 10.8. The van der Waals surface area contributed by atoms with Gasteiger partial charge in [-0.2, -0.15) is 0 Å². The fourth-order valence-corrected chi connectivity index (χ4v) is 1.77. The molecule has 0 radical (unpaired) electrons. The summed E-state index contributed by atoms with van der Waals surface area (Å²) in [5.41, 5.74) is 0.563. The van der Waals surface area contributed by atoms with Crippen molar-refractivity contribution in [3.05, 3.63) is 34.4 Å². The molecule has 1 N–H and O–H groups in total. The molecule has 0 saturated heterocycles. The average Bonchev–Trinajstić information content (AvgIpc) is 2.78. The Morgan fingerprint density at radius 1 is 1.41 bits per heavy atom. The minimum atomic E-state index is -0.335. The first kappa shape index (κ1) is 12.2. The van der Waals surface area contributed by atoms with E-state index in [9.17, 15) is 4.39 Å². The first-order valence-corrected chi connectivity index (χ1v) is 5.92. The topological polar surface area (TPSA) is 51.0 Å². The molecule has 1 aromatic carbocycles. The first-order valence-electron chi connectivity index (χ1n) is 5.13. The van der Waals surface area contributed by atoms with Crippen molar-refractivity contribution >= 4 is 15.9 Å². The summed E-state index contributed by atoms with van der Waals surface area (Å²) in [5.74, 6) is 0.520. The van der Waals surface area contributed by atoms with Gasteiger partial charge in [-0.1, -0.05) is 0 Å². The highest BCUT2D eigenvalue weighted by Crippen LogP contribution is 2.27. The van der Waals surface area contributed by atoms with Crippen LogP contribution in [0, 0.1) is 5.82 Å². The van der Waals surface area contributed by atoms with E-state index in [0.717, 1.165) is 11.0 Å². The standard InChI is InChI=1S/C11H11BrFN3O/c1-14-5-4-10-15-16-11(17-10)8-6-7(13)2-3-9(8)12/h2-3,6,14H,4-5H2,1H3. The summed E-state index contributed by atoms with van der Waals surface area (Å²) < 4.78 is 19.3. The monoisotopic (exact) mass is 299 g/mol. The van der Waals surface area contributed by atoms with Crippen molar-refractivity contribution in [1.82, 2.24) is 15.5 Å². The maximum atomic E-state index is 13.1. The number of nitrogens with zero attached hydrogens (tertiary/aromatic N) is 2. The predicted octanol–water partition coefficient (Wildman–Crippen LogP) is 2.40. The van der Waals surface area contributed by atoms with E-state index < -0.39 is 0 Å². The van der Waals surface area contributed by atoms with Crippen LogP contribution in [0.1, 0.15) is 5.89 Å². The smallest absolute Gasteiger partial charge is 0.248 e. The molecule has 0 bridgehead atoms. The quantitative estimate of drug-likeness (QED) is 0.942. The van der Waals surface area contributed by atoms with E-state index in [1.165, 1.54) is 12.1 Å². The van der Waals surface area contributed by atoms with Gasteiger partial charge < -0.3 is 9.73 Å². The third kappa shape index (κ3) is 2.89. The van der Waals surface area contributed by atoms with Crippen LogP contribution < -0.4 is 5.32 Å². The summed E-state index contributed by atoms with van der Waals surface area (Å²) in [6.45, 7) is 0.756. The van der Waals surface area contributed by atoms with Gasteiger partial charge in [0, 0.05) is 17.4 Å². The summed E-state index contributed by atoms with van der Waals surface area (Å²) in [6.07, 6.45) is 0.649. The lowest BCUT2D eigenvalue weighted by molar-refractivity contribution is 0.499. The number of halogens is 2. The van der Waals surface area contributed by atoms with E-state index in [0.29, 0.717) is 23.8 Å². The Labute approximate surface area is 106 Å². The van der Waals surface area contributed by atoms with Gasteiger partial charge in [-0.15, -0.1) is 10.2 Å². The number of hydrogen-bond donors (Lipinski definition) is 1. The Hall–Kier alpha value is -1.27. The molecular weight excluding hydrogens is 289 g/mol. The average molecular weight is 300 g/mol. The normalized spacial score (nSPS) is 10.8. The molecule has 2 aromatic rings. The zero-order chi connectivity index (χ0) is 12.3. The highest BCUT2D eigenvalue weighted by molar-refractivity contribution is 9.10. The zero-order valence-electron chi connectivity index (χ0n) is 9.20. The van der Waals surface area contributed by atoms with Gasteiger partial charge in [0.2, 0.25) is 11.8 Å². The fourth-order valence-electron chi connectivity index (χ4n) is 1.36. The Bertz CT molecular complexity index is 515. The minimum absolute atomic E-state index is 0.322. The molecule has 0 spiro atoms. The Morgan fingerprint density at radius 3 is 3.00 bits per heavy atom. The Kier molecular flexibility index (Phi) is 3.86. The molecule has 90 valence electrons. The predicted molar refractivity (Wildman–Crippen MR) is 65.0 cm³/mol. The van der Waals surface area contributed by atoms with Crippen LogP contribution in [-0.2, 0) is 6.42 Å². The van der Waals surface area contributed by atoms with Crippen LogP contribution in [0.4, 0.5) is 4.39 Å². The summed E-state index contributed by atoms with van der Waals surface area (Å²) in [5, 5.41) is 10.8. The molecule has 0 aliphatic heterocycles. The van der Waals surface area contributed by atoms with E-state index in [1.54, 1.807) is 6.07 Å². The molecule has 0 unspecified atom stereocenters. The van der Waals surface area contributed by atoms with Crippen LogP contribution in [0.25, 0.3) is 11.5 Å². The van der Waals surface area contributed by atoms with Crippen LogP contribution in [0.5, 0.6) is 0 Å². The lowest BCUT2D eigenvalue weighted by Gasteiger charge is -1.98. The third-order valence-electron chi connectivity index (χ3n) is 2.21. The van der Waals surface area contributed by atoms with E-state index in [1.807, 2.05) is 7.05 Å². The van der Waals surface area contributed by atoms with Crippen molar-refractivity contribution in [2.24, 2.45) is 0 Å². The molecule has 0 amide bonds. The second-order valence-corrected chi connectivity index (χ2v) is 4.33. The second kappa shape index (κ2) is 5.37. The van der Waals surface area contributed by atoms with Crippen LogP contribution in [0.2, 0.25) is 0 Å². The van der Waals surface area contributed by atoms with Crippen LogP contribution in [-0.4, -0.2) is 23.8 Å². The van der Waals surface area contributed by atoms with E-state index in [-0.39, 0.29) is 5.82 Å². The molecule has 0 aliphatic rings. The maximum absolute atomic E-state index is 13.1. The van der Waals surface area contributed by atoms with Crippen molar-refractivity contribution in [2.45, 2.75) is 6.42 Å². The molecule has 0 saturated carbocycles. The van der Waals surface area contributed by atoms with Crippen molar-refractivity contribution < 1.29 is 8.81 Å². The van der Waals surface area contributed by atoms with Crippen molar-refractivity contribution in [2.75, 3.05) is 13.6 Å². The third-order valence-corrected chi connectivity index (χ3v) is 2.91. The molecule has 0 atom stereocenters. The second-order valence-electron chi connectivity index (χ2n) is 3.48. The molecule has 0 aliphatic carbocycles. The molecule has 1 aromatic heterocycles. The summed E-state index contributed by atoms with van der Waals surface area (Å²) in [6, 6.07) is 4.34. The number of benzene rings is 1. The highest BCUT2D eigenvalue weighted by Gasteiger charge is 2.12. The van der Waals surface area contributed by atoms with Gasteiger partial charge in [-0.05, 0) is 41.2 Å². The van der Waals surface area contributed by atoms with Crippen LogP contribution in [0.15, 0.2) is 27.1 Å². The molecule has 4 nitrogen and oxygen atoms in total. The fraction of sp³-hybridized carbons (Fsp3) is 0.273. The summed E-state index contributed by atoms with van der Waals surface area (Å²) in [4.78, 5) is 0. The van der Waals surface area contributed by atoms with Crippen molar-refractivity contribution in [3.63, 3.8) is 0 Å². The lowest BCUT2D eigenvalue weighted by atomic mass is 10.2. The van der Waals surface area contributed by atoms with Gasteiger partial charge in [-0.3, -0.25) is 0 Å². The molecular formula is C11H11BrFN3O. The number of aromatic nitrogens is 2. The molecule has 2 rings (SSSR count). The van der Waals surface area contributed by atoms with E-state index in [4.69, 9.17) is 4.42 Å². The first-order chi connectivity index (χ1) is 8.20. The van der Waals surface area contributed by atoms with Crippen LogP contribution in [0.3, 0.4) is 0 Å². The summed E-state index contributed by atoms with van der Waals surface area (Å²) >= 11 is 3.32. The van der Waals surface area contributed by atoms with E-state index in [2.05, 4.69) is 31.4 Å². The minimum Gasteiger partial charge on any atom is -0.421 e. The van der Waals surface area contributed by atoms with Gasteiger partial charge in [0.1, 0.15) is 5.82 Å². The molecule has 17 heavy (non-hydrogen) atoms. The number of rotatable bonds is 4. The van der Waals surface area contributed by atoms with Gasteiger partial charge in [0.25, 0.3) is 0 Å². The Morgan fingerprint density at radius 2 is 2.24 bits per heavy atom. The SMILES string of the molecule is CNCCc1nnc(-c2cc(F)ccc2Br)o1. The van der Waals surface area contributed by atoms with Gasteiger partial charge in [0.15, 0.2) is 0 Å². The molecule has 1 heterocycles. The van der Waals surface area contributed by atoms with E-state index >= 15 is 0 Å². The van der Waals surface area contributed by atoms with Crippen molar-refractivity contribution in [3.8, 4) is 11.5 Å². The maximum Gasteiger partial charge on any atom is 0.248 e. The molecule has 0 fully saturated rings. The Balaban J connectivity index is 2.27. The van der Waals surface area contributed by atoms with Gasteiger partial charge in [0.05, 0.1) is 5.56 Å². The van der Waals surface area contributed by atoms with Gasteiger partial charge in [-0.25, -0.2) is 4.39 Å². The van der Waals surface area contributed by atoms with Crippen LogP contribution >= 0.6 is 15.9 Å². The lowest BCUT2D eigenvalue weighted by Crippen LogP contribution is -2.10. The largest absolute Gasteiger partial charge is 0.421 e. The summed E-state index contributed by atoms with van der Waals surface area (Å²) in [7, 11) is 1.85. The number of likely N-dealkylation sites (N-methyl/N-ethyl adjacent to an activating group) is 1. The molecule has 6 heteroatoms. The number of nitrogens with one attached hydrogen (secondary N) is 1.